The number of rotatable bonds is 37. The normalized spacial score (nSPS) is 12.3. The van der Waals surface area contributed by atoms with E-state index >= 15 is 0 Å². The van der Waals surface area contributed by atoms with Gasteiger partial charge >= 0.3 is 19.8 Å². The smallest absolute Gasteiger partial charge is 0.462 e. The van der Waals surface area contributed by atoms with Crippen molar-refractivity contribution in [3.63, 3.8) is 0 Å². The van der Waals surface area contributed by atoms with Crippen molar-refractivity contribution in [3.05, 3.63) is 24.3 Å². The molecule has 0 aliphatic carbocycles. The largest absolute Gasteiger partial charge is 0.469 e. The zero-order chi connectivity index (χ0) is 38.8. The van der Waals surface area contributed by atoms with E-state index in [2.05, 4.69) is 42.7 Å². The molecular formula is C41H80NO9P. The summed E-state index contributed by atoms with van der Waals surface area (Å²) in [4.78, 5) is 42.7. The molecule has 11 heteroatoms. The SMILES string of the molecule is CCCCC/C=C\C/C=C\CCCCCCCC(=O)OC(COC(=O)CCCCCCCCCCCCCCCCC)COP(=O)(O)O.NCCO. The fourth-order valence-electron chi connectivity index (χ4n) is 5.52. The first kappa shape index (κ1) is 52.6. The van der Waals surface area contributed by atoms with Crippen LogP contribution in [0.1, 0.15) is 194 Å². The van der Waals surface area contributed by atoms with Gasteiger partial charge in [0.05, 0.1) is 13.2 Å². The summed E-state index contributed by atoms with van der Waals surface area (Å²) >= 11 is 0. The van der Waals surface area contributed by atoms with Gasteiger partial charge in [0.25, 0.3) is 0 Å². The molecule has 0 saturated carbocycles. The first-order valence-electron chi connectivity index (χ1n) is 20.9. The Balaban J connectivity index is 0. The third-order valence-corrected chi connectivity index (χ3v) is 9.09. The van der Waals surface area contributed by atoms with Crippen LogP contribution in [0.2, 0.25) is 0 Å². The molecule has 1 atom stereocenters. The molecule has 0 saturated heterocycles. The van der Waals surface area contributed by atoms with Crippen LogP contribution in [0.25, 0.3) is 0 Å². The van der Waals surface area contributed by atoms with Crippen molar-refractivity contribution in [1.29, 1.82) is 0 Å². The Bertz CT molecular complexity index is 876. The summed E-state index contributed by atoms with van der Waals surface area (Å²) in [6.45, 7) is 4.12. The van der Waals surface area contributed by atoms with Crippen LogP contribution in [-0.2, 0) is 28.2 Å². The monoisotopic (exact) mass is 762 g/mol. The Kier molecular flexibility index (Phi) is 42.6. The van der Waals surface area contributed by atoms with Crippen molar-refractivity contribution in [2.24, 2.45) is 5.73 Å². The number of ether oxygens (including phenoxy) is 2. The van der Waals surface area contributed by atoms with Crippen LogP contribution in [0.4, 0.5) is 0 Å². The number of aliphatic hydroxyl groups is 1. The topological polar surface area (TPSA) is 166 Å². The lowest BCUT2D eigenvalue weighted by Crippen LogP contribution is -2.29. The van der Waals surface area contributed by atoms with E-state index in [1.807, 2.05) is 0 Å². The van der Waals surface area contributed by atoms with Crippen LogP contribution in [0.15, 0.2) is 24.3 Å². The number of allylic oxidation sites excluding steroid dienone is 4. The maximum absolute atomic E-state index is 12.4. The molecule has 0 fully saturated rings. The minimum absolute atomic E-state index is 0.0972. The first-order chi connectivity index (χ1) is 25.2. The summed E-state index contributed by atoms with van der Waals surface area (Å²) in [6, 6.07) is 0. The Morgan fingerprint density at radius 1 is 0.596 bits per heavy atom. The third kappa shape index (κ3) is 46.5. The lowest BCUT2D eigenvalue weighted by molar-refractivity contribution is -0.161. The molecule has 308 valence electrons. The van der Waals surface area contributed by atoms with Crippen LogP contribution in [-0.4, -0.2) is 59.3 Å². The number of carbonyl (C=O) groups excluding carboxylic acids is 2. The Labute approximate surface area is 318 Å². The van der Waals surface area contributed by atoms with Gasteiger partial charge < -0.3 is 30.1 Å². The van der Waals surface area contributed by atoms with E-state index in [9.17, 15) is 14.2 Å². The molecule has 0 aromatic heterocycles. The second-order valence-corrected chi connectivity index (χ2v) is 15.0. The lowest BCUT2D eigenvalue weighted by atomic mass is 10.0. The van der Waals surface area contributed by atoms with Crippen LogP contribution in [0.5, 0.6) is 0 Å². The maximum Gasteiger partial charge on any atom is 0.469 e. The fraction of sp³-hybridized carbons (Fsp3) is 0.854. The van der Waals surface area contributed by atoms with Crippen LogP contribution in [0.3, 0.4) is 0 Å². The molecule has 0 amide bonds. The highest BCUT2D eigenvalue weighted by atomic mass is 31.2. The van der Waals surface area contributed by atoms with Gasteiger partial charge in [-0.15, -0.1) is 0 Å². The number of unbranched alkanes of at least 4 members (excludes halogenated alkanes) is 22. The van der Waals surface area contributed by atoms with E-state index in [4.69, 9.17) is 30.1 Å². The highest BCUT2D eigenvalue weighted by Crippen LogP contribution is 2.36. The summed E-state index contributed by atoms with van der Waals surface area (Å²) in [6.07, 6.45) is 38.9. The molecule has 0 aromatic carbocycles. The predicted octanol–water partition coefficient (Wildman–Crippen LogP) is 10.6. The number of carbonyl (C=O) groups is 2. The molecule has 0 bridgehead atoms. The third-order valence-electron chi connectivity index (χ3n) is 8.60. The number of phosphoric ester groups is 1. The predicted molar refractivity (Wildman–Crippen MR) is 214 cm³/mol. The number of nitrogens with two attached hydrogens (primary N) is 1. The zero-order valence-electron chi connectivity index (χ0n) is 33.3. The van der Waals surface area contributed by atoms with Gasteiger partial charge in [-0.3, -0.25) is 14.1 Å². The van der Waals surface area contributed by atoms with Gasteiger partial charge in [0, 0.05) is 19.4 Å². The molecule has 0 aromatic rings. The number of aliphatic hydroxyl groups excluding tert-OH is 1. The van der Waals surface area contributed by atoms with Crippen LogP contribution >= 0.6 is 7.82 Å². The average Bonchev–Trinajstić information content (AvgIpc) is 3.12. The molecule has 0 spiro atoms. The van der Waals surface area contributed by atoms with E-state index in [-0.39, 0.29) is 26.1 Å². The molecule has 0 rings (SSSR count). The van der Waals surface area contributed by atoms with Crippen molar-refractivity contribution in [3.8, 4) is 0 Å². The quantitative estimate of drug-likeness (QED) is 0.0207. The van der Waals surface area contributed by atoms with E-state index < -0.39 is 32.5 Å². The molecule has 5 N–H and O–H groups in total. The zero-order valence-corrected chi connectivity index (χ0v) is 34.2. The van der Waals surface area contributed by atoms with Gasteiger partial charge in [-0.05, 0) is 44.9 Å². The number of hydrogen-bond donors (Lipinski definition) is 4. The molecule has 0 radical (unpaired) electrons. The standard InChI is InChI=1S/C39H73O8P.C2H7NO/c1-3-5-7-9-11-13-15-17-19-21-23-25-27-29-31-33-38(40)45-35-37(36-46-48(42,43)44)47-39(41)34-32-30-28-26-24-22-20-18-16-14-12-10-8-6-4-2;3-1-2-4/h12,14,18,20,37H,3-11,13,15-17,19,21-36H2,1-2H3,(H2,42,43,44);4H,1-3H2/b14-12-,20-18-;. The minimum Gasteiger partial charge on any atom is -0.462 e. The lowest BCUT2D eigenvalue weighted by Gasteiger charge is -2.18. The summed E-state index contributed by atoms with van der Waals surface area (Å²) in [5.74, 6) is -0.894. The molecule has 0 aliphatic rings. The Morgan fingerprint density at radius 2 is 0.981 bits per heavy atom. The van der Waals surface area contributed by atoms with Crippen molar-refractivity contribution in [1.82, 2.24) is 0 Å². The van der Waals surface area contributed by atoms with Gasteiger partial charge in [-0.25, -0.2) is 4.57 Å². The second-order valence-electron chi connectivity index (χ2n) is 13.8. The van der Waals surface area contributed by atoms with Gasteiger partial charge in [0.1, 0.15) is 6.61 Å². The number of hydrogen-bond acceptors (Lipinski definition) is 8. The average molecular weight is 762 g/mol. The summed E-state index contributed by atoms with van der Waals surface area (Å²) in [5.41, 5.74) is 4.78. The van der Waals surface area contributed by atoms with Gasteiger partial charge in [-0.1, -0.05) is 160 Å². The highest BCUT2D eigenvalue weighted by Gasteiger charge is 2.22. The van der Waals surface area contributed by atoms with Crippen molar-refractivity contribution in [2.75, 3.05) is 26.4 Å². The second kappa shape index (κ2) is 42.2. The first-order valence-corrected chi connectivity index (χ1v) is 22.4. The van der Waals surface area contributed by atoms with E-state index in [0.717, 1.165) is 57.8 Å². The molecule has 0 aliphatic heterocycles. The minimum atomic E-state index is -4.75. The van der Waals surface area contributed by atoms with Crippen molar-refractivity contribution >= 4 is 19.8 Å². The van der Waals surface area contributed by atoms with Gasteiger partial charge in [-0.2, -0.15) is 0 Å². The van der Waals surface area contributed by atoms with Gasteiger partial charge in [0.15, 0.2) is 6.10 Å². The molecule has 1 unspecified atom stereocenters. The highest BCUT2D eigenvalue weighted by molar-refractivity contribution is 7.46. The maximum atomic E-state index is 12.4. The van der Waals surface area contributed by atoms with E-state index in [1.165, 1.54) is 103 Å². The molecule has 52 heavy (non-hydrogen) atoms. The van der Waals surface area contributed by atoms with Crippen LogP contribution in [0, 0.1) is 0 Å². The summed E-state index contributed by atoms with van der Waals surface area (Å²) in [5, 5.41) is 7.75. The van der Waals surface area contributed by atoms with E-state index in [0.29, 0.717) is 13.0 Å². The molecule has 0 heterocycles. The Hall–Kier alpha value is -1.55. The molecular weight excluding hydrogens is 681 g/mol. The van der Waals surface area contributed by atoms with Crippen LogP contribution < -0.4 is 5.73 Å². The van der Waals surface area contributed by atoms with Crippen molar-refractivity contribution < 1.29 is 43.0 Å². The number of esters is 2. The summed E-state index contributed by atoms with van der Waals surface area (Å²) < 4.78 is 26.3. The fourth-order valence-corrected chi connectivity index (χ4v) is 5.88. The van der Waals surface area contributed by atoms with E-state index in [1.54, 1.807) is 0 Å². The summed E-state index contributed by atoms with van der Waals surface area (Å²) in [7, 11) is -4.75. The Morgan fingerprint density at radius 3 is 1.42 bits per heavy atom. The number of phosphoric acid groups is 1. The molecule has 10 nitrogen and oxygen atoms in total. The van der Waals surface area contributed by atoms with Gasteiger partial charge in [0.2, 0.25) is 0 Å². The van der Waals surface area contributed by atoms with Crippen molar-refractivity contribution in [2.45, 2.75) is 200 Å².